The van der Waals surface area contributed by atoms with Gasteiger partial charge >= 0.3 is 0 Å². The molecule has 0 unspecified atom stereocenters. The third-order valence-electron chi connectivity index (χ3n) is 1.92. The van der Waals surface area contributed by atoms with E-state index in [1.54, 1.807) is 13.0 Å². The smallest absolute Gasteiger partial charge is 0.270 e. The Morgan fingerprint density at radius 3 is 2.75 bits per heavy atom. The van der Waals surface area contributed by atoms with Crippen LogP contribution in [-0.4, -0.2) is 15.1 Å². The van der Waals surface area contributed by atoms with E-state index in [-0.39, 0.29) is 11.6 Å². The van der Waals surface area contributed by atoms with Crippen molar-refractivity contribution in [3.8, 4) is 11.5 Å². The minimum absolute atomic E-state index is 0.00400. The highest BCUT2D eigenvalue weighted by Crippen LogP contribution is 2.25. The Morgan fingerprint density at radius 2 is 2.19 bits per heavy atom. The molecule has 7 heteroatoms. The van der Waals surface area contributed by atoms with Crippen molar-refractivity contribution in [2.45, 2.75) is 6.92 Å². The number of nitro groups is 1. The number of rotatable bonds is 2. The van der Waals surface area contributed by atoms with Crippen molar-refractivity contribution < 1.29 is 9.45 Å². The van der Waals surface area contributed by atoms with Gasteiger partial charge in [0.2, 0.25) is 4.73 Å². The Hall–Kier alpha value is -1.76. The third kappa shape index (κ3) is 2.08. The lowest BCUT2D eigenvalue weighted by Crippen LogP contribution is -1.90. The topological polar surface area (TPSA) is 82.1 Å². The Bertz CT molecular complexity index is 553. The van der Waals surface area contributed by atoms with Crippen LogP contribution in [0.3, 0.4) is 0 Å². The standard InChI is InChI=1S/C9H6BrN3O3/c1-5-2-6(4-7(3-5)13(14)15)8-11-9(10)12-16-8/h2-4H,1H3. The average Bonchev–Trinajstić information content (AvgIpc) is 2.64. The van der Waals surface area contributed by atoms with Gasteiger partial charge in [-0.3, -0.25) is 10.1 Å². The summed E-state index contributed by atoms with van der Waals surface area (Å²) in [7, 11) is 0. The Kier molecular flexibility index (Phi) is 2.69. The van der Waals surface area contributed by atoms with Gasteiger partial charge in [0.15, 0.2) is 0 Å². The van der Waals surface area contributed by atoms with E-state index in [9.17, 15) is 10.1 Å². The molecule has 1 aromatic carbocycles. The van der Waals surface area contributed by atoms with Crippen LogP contribution in [0.15, 0.2) is 27.5 Å². The number of non-ortho nitro benzene ring substituents is 1. The van der Waals surface area contributed by atoms with Gasteiger partial charge in [0, 0.05) is 17.7 Å². The first-order valence-corrected chi connectivity index (χ1v) is 5.11. The predicted molar refractivity (Wildman–Crippen MR) is 58.8 cm³/mol. The van der Waals surface area contributed by atoms with Crippen molar-refractivity contribution >= 4 is 21.6 Å². The molecule has 6 nitrogen and oxygen atoms in total. The molecule has 2 aromatic rings. The van der Waals surface area contributed by atoms with Crippen LogP contribution in [0.5, 0.6) is 0 Å². The molecular formula is C9H6BrN3O3. The predicted octanol–water partition coefficient (Wildman–Crippen LogP) is 2.72. The van der Waals surface area contributed by atoms with Gasteiger partial charge in [0.25, 0.3) is 11.6 Å². The maximum absolute atomic E-state index is 10.7. The highest BCUT2D eigenvalue weighted by molar-refractivity contribution is 9.10. The number of hydrogen-bond donors (Lipinski definition) is 0. The highest BCUT2D eigenvalue weighted by Gasteiger charge is 2.13. The van der Waals surface area contributed by atoms with Gasteiger partial charge < -0.3 is 4.52 Å². The van der Waals surface area contributed by atoms with Crippen molar-refractivity contribution in [1.82, 2.24) is 10.1 Å². The zero-order valence-electron chi connectivity index (χ0n) is 8.18. The van der Waals surface area contributed by atoms with E-state index in [0.717, 1.165) is 5.56 Å². The lowest BCUT2D eigenvalue weighted by atomic mass is 10.1. The van der Waals surface area contributed by atoms with E-state index < -0.39 is 4.92 Å². The molecule has 0 aliphatic carbocycles. The number of nitrogens with zero attached hydrogens (tertiary/aromatic N) is 3. The summed E-state index contributed by atoms with van der Waals surface area (Å²) in [5, 5.41) is 14.2. The van der Waals surface area contributed by atoms with Crippen LogP contribution in [0.2, 0.25) is 0 Å². The van der Waals surface area contributed by atoms with Gasteiger partial charge in [-0.25, -0.2) is 0 Å². The number of aromatic nitrogens is 2. The van der Waals surface area contributed by atoms with Gasteiger partial charge in [0.1, 0.15) is 0 Å². The molecule has 2 rings (SSSR count). The van der Waals surface area contributed by atoms with Crippen molar-refractivity contribution in [2.75, 3.05) is 0 Å². The molecule has 0 atom stereocenters. The van der Waals surface area contributed by atoms with Gasteiger partial charge in [-0.05, 0) is 39.6 Å². The summed E-state index contributed by atoms with van der Waals surface area (Å²) in [6.45, 7) is 1.77. The second-order valence-corrected chi connectivity index (χ2v) is 3.89. The molecule has 0 radical (unpaired) electrons. The number of halogens is 1. The van der Waals surface area contributed by atoms with Crippen LogP contribution >= 0.6 is 15.9 Å². The molecule has 0 aliphatic heterocycles. The molecule has 0 saturated heterocycles. The molecule has 0 amide bonds. The number of benzene rings is 1. The molecule has 0 N–H and O–H groups in total. The van der Waals surface area contributed by atoms with Crippen LogP contribution in [0.1, 0.15) is 5.56 Å². The fourth-order valence-electron chi connectivity index (χ4n) is 1.31. The average molecular weight is 284 g/mol. The lowest BCUT2D eigenvalue weighted by molar-refractivity contribution is -0.384. The second kappa shape index (κ2) is 4.01. The van der Waals surface area contributed by atoms with Crippen LogP contribution in [-0.2, 0) is 0 Å². The van der Waals surface area contributed by atoms with Crippen molar-refractivity contribution in [1.29, 1.82) is 0 Å². The SMILES string of the molecule is Cc1cc(-c2nc(Br)no2)cc([N+](=O)[O-])c1. The van der Waals surface area contributed by atoms with Gasteiger partial charge in [-0.1, -0.05) is 0 Å². The molecule has 0 bridgehead atoms. The molecule has 1 heterocycles. The van der Waals surface area contributed by atoms with E-state index in [0.29, 0.717) is 10.3 Å². The first-order chi connectivity index (χ1) is 7.56. The van der Waals surface area contributed by atoms with Crippen LogP contribution in [0, 0.1) is 17.0 Å². The van der Waals surface area contributed by atoms with E-state index in [2.05, 4.69) is 26.1 Å². The largest absolute Gasteiger partial charge is 0.333 e. The summed E-state index contributed by atoms with van der Waals surface area (Å²) < 4.78 is 5.22. The van der Waals surface area contributed by atoms with Crippen LogP contribution in [0.25, 0.3) is 11.5 Å². The van der Waals surface area contributed by atoms with E-state index in [1.807, 2.05) is 0 Å². The summed E-state index contributed by atoms with van der Waals surface area (Å²) in [5.41, 5.74) is 1.30. The molecule has 82 valence electrons. The van der Waals surface area contributed by atoms with Crippen molar-refractivity contribution in [2.24, 2.45) is 0 Å². The lowest BCUT2D eigenvalue weighted by Gasteiger charge is -1.97. The maximum atomic E-state index is 10.7. The summed E-state index contributed by atoms with van der Waals surface area (Å²) in [6.07, 6.45) is 0. The number of aryl methyl sites for hydroxylation is 1. The summed E-state index contributed by atoms with van der Waals surface area (Å²) in [4.78, 5) is 14.2. The Balaban J connectivity index is 2.53. The minimum atomic E-state index is -0.456. The molecular weight excluding hydrogens is 278 g/mol. The zero-order chi connectivity index (χ0) is 11.7. The van der Waals surface area contributed by atoms with Gasteiger partial charge in [-0.15, -0.1) is 0 Å². The van der Waals surface area contributed by atoms with E-state index in [4.69, 9.17) is 4.52 Å². The molecule has 0 saturated carbocycles. The quantitative estimate of drug-likeness (QED) is 0.625. The van der Waals surface area contributed by atoms with E-state index in [1.165, 1.54) is 12.1 Å². The second-order valence-electron chi connectivity index (χ2n) is 3.18. The summed E-state index contributed by atoms with van der Waals surface area (Å²) in [6, 6.07) is 4.62. The molecule has 16 heavy (non-hydrogen) atoms. The Labute approximate surface area is 98.6 Å². The monoisotopic (exact) mass is 283 g/mol. The maximum Gasteiger partial charge on any atom is 0.270 e. The minimum Gasteiger partial charge on any atom is -0.333 e. The molecule has 0 fully saturated rings. The first kappa shape index (κ1) is 10.7. The Morgan fingerprint density at radius 1 is 1.44 bits per heavy atom. The number of nitro benzene ring substituents is 1. The fraction of sp³-hybridized carbons (Fsp3) is 0.111. The molecule has 1 aromatic heterocycles. The molecule has 0 spiro atoms. The third-order valence-corrected chi connectivity index (χ3v) is 2.24. The van der Waals surface area contributed by atoms with E-state index >= 15 is 0 Å². The zero-order valence-corrected chi connectivity index (χ0v) is 9.76. The van der Waals surface area contributed by atoms with Gasteiger partial charge in [-0.2, -0.15) is 4.98 Å². The molecule has 0 aliphatic rings. The first-order valence-electron chi connectivity index (χ1n) is 4.32. The summed E-state index contributed by atoms with van der Waals surface area (Å²) in [5.74, 6) is 0.249. The normalized spacial score (nSPS) is 10.4. The van der Waals surface area contributed by atoms with Gasteiger partial charge in [0.05, 0.1) is 4.92 Å². The van der Waals surface area contributed by atoms with Crippen LogP contribution < -0.4 is 0 Å². The van der Waals surface area contributed by atoms with Crippen LogP contribution in [0.4, 0.5) is 5.69 Å². The summed E-state index contributed by atoms with van der Waals surface area (Å²) >= 11 is 3.05. The fourth-order valence-corrected chi connectivity index (χ4v) is 1.55. The number of hydrogen-bond acceptors (Lipinski definition) is 5. The highest BCUT2D eigenvalue weighted by atomic mass is 79.9. The van der Waals surface area contributed by atoms with Crippen molar-refractivity contribution in [3.63, 3.8) is 0 Å². The van der Waals surface area contributed by atoms with Crippen molar-refractivity contribution in [3.05, 3.63) is 38.6 Å².